The average molecular weight is 269 g/mol. The fourth-order valence-corrected chi connectivity index (χ4v) is 2.30. The molecule has 0 saturated heterocycles. The van der Waals surface area contributed by atoms with Crippen LogP contribution in [0.3, 0.4) is 0 Å². The molecule has 1 aromatic rings. The van der Waals surface area contributed by atoms with E-state index in [9.17, 15) is 4.79 Å². The molecule has 1 amide bonds. The topological polar surface area (TPSA) is 54.0 Å². The molecule has 0 radical (unpaired) electrons. The van der Waals surface area contributed by atoms with Crippen LogP contribution in [0.25, 0.3) is 0 Å². The number of carbonyl (C=O) groups excluding carboxylic acids is 1. The number of nitrogens with zero attached hydrogens (tertiary/aromatic N) is 1. The largest absolute Gasteiger partial charge is 0.350 e. The normalized spacial score (nSPS) is 10.9. The number of thiazole rings is 1. The lowest BCUT2D eigenvalue weighted by molar-refractivity contribution is -0.121. The van der Waals surface area contributed by atoms with Crippen molar-refractivity contribution in [3.63, 3.8) is 0 Å². The van der Waals surface area contributed by atoms with Gasteiger partial charge in [0.05, 0.1) is 6.54 Å². The standard InChI is InChI=1S/C13H23N3OS/c1-4-11-8-16-13(18-11)9-15-12(17)6-5-7-14-10(2)3/h8,10,14H,4-7,9H2,1-3H3,(H,15,17). The summed E-state index contributed by atoms with van der Waals surface area (Å²) in [6.45, 7) is 7.77. The van der Waals surface area contributed by atoms with Crippen LogP contribution >= 0.6 is 11.3 Å². The second-order valence-corrected chi connectivity index (χ2v) is 5.76. The molecular formula is C13H23N3OS. The molecule has 0 bridgehead atoms. The maximum absolute atomic E-state index is 11.6. The van der Waals surface area contributed by atoms with Gasteiger partial charge in [0.1, 0.15) is 5.01 Å². The molecule has 0 atom stereocenters. The van der Waals surface area contributed by atoms with Crippen LogP contribution in [0.15, 0.2) is 6.20 Å². The molecule has 1 aromatic heterocycles. The second-order valence-electron chi connectivity index (χ2n) is 4.56. The van der Waals surface area contributed by atoms with Gasteiger partial charge in [-0.05, 0) is 19.4 Å². The Hall–Kier alpha value is -0.940. The molecule has 102 valence electrons. The quantitative estimate of drug-likeness (QED) is 0.711. The zero-order valence-electron chi connectivity index (χ0n) is 11.5. The molecule has 0 aromatic carbocycles. The van der Waals surface area contributed by atoms with Crippen LogP contribution in [-0.4, -0.2) is 23.5 Å². The van der Waals surface area contributed by atoms with Crippen molar-refractivity contribution in [3.8, 4) is 0 Å². The van der Waals surface area contributed by atoms with Gasteiger partial charge in [-0.2, -0.15) is 0 Å². The van der Waals surface area contributed by atoms with Crippen molar-refractivity contribution in [2.75, 3.05) is 6.54 Å². The van der Waals surface area contributed by atoms with E-state index in [2.05, 4.69) is 36.4 Å². The molecule has 0 aliphatic carbocycles. The average Bonchev–Trinajstić information content (AvgIpc) is 2.80. The SMILES string of the molecule is CCc1cnc(CNC(=O)CCCNC(C)C)s1. The van der Waals surface area contributed by atoms with E-state index >= 15 is 0 Å². The van der Waals surface area contributed by atoms with E-state index in [-0.39, 0.29) is 5.91 Å². The van der Waals surface area contributed by atoms with Gasteiger partial charge in [-0.25, -0.2) is 4.98 Å². The maximum Gasteiger partial charge on any atom is 0.220 e. The molecule has 5 heteroatoms. The van der Waals surface area contributed by atoms with Crippen LogP contribution in [0, 0.1) is 0 Å². The molecule has 0 saturated carbocycles. The van der Waals surface area contributed by atoms with Gasteiger partial charge in [0.25, 0.3) is 0 Å². The van der Waals surface area contributed by atoms with Crippen molar-refractivity contribution in [1.82, 2.24) is 15.6 Å². The highest BCUT2D eigenvalue weighted by atomic mass is 32.1. The number of rotatable bonds is 8. The molecule has 0 unspecified atom stereocenters. The van der Waals surface area contributed by atoms with E-state index in [1.165, 1.54) is 4.88 Å². The van der Waals surface area contributed by atoms with E-state index in [1.807, 2.05) is 6.20 Å². The molecule has 1 rings (SSSR count). The molecule has 18 heavy (non-hydrogen) atoms. The van der Waals surface area contributed by atoms with Crippen LogP contribution < -0.4 is 10.6 Å². The number of aryl methyl sites for hydroxylation is 1. The van der Waals surface area contributed by atoms with Gasteiger partial charge in [-0.3, -0.25) is 4.79 Å². The van der Waals surface area contributed by atoms with Crippen molar-refractivity contribution >= 4 is 17.2 Å². The lowest BCUT2D eigenvalue weighted by atomic mass is 10.2. The number of hydrogen-bond acceptors (Lipinski definition) is 4. The van der Waals surface area contributed by atoms with E-state index in [1.54, 1.807) is 11.3 Å². The van der Waals surface area contributed by atoms with Crippen molar-refractivity contribution in [1.29, 1.82) is 0 Å². The summed E-state index contributed by atoms with van der Waals surface area (Å²) in [5.41, 5.74) is 0. The molecule has 0 aliphatic rings. The molecule has 0 aliphatic heterocycles. The Morgan fingerprint density at radius 1 is 1.50 bits per heavy atom. The summed E-state index contributed by atoms with van der Waals surface area (Å²) in [5, 5.41) is 7.19. The summed E-state index contributed by atoms with van der Waals surface area (Å²) in [6.07, 6.45) is 4.35. The molecule has 0 spiro atoms. The van der Waals surface area contributed by atoms with Crippen molar-refractivity contribution in [2.45, 2.75) is 52.6 Å². The summed E-state index contributed by atoms with van der Waals surface area (Å²) in [6, 6.07) is 0.482. The Morgan fingerprint density at radius 3 is 2.89 bits per heavy atom. The Morgan fingerprint density at radius 2 is 2.28 bits per heavy atom. The summed E-state index contributed by atoms with van der Waals surface area (Å²) >= 11 is 1.67. The van der Waals surface area contributed by atoms with Gasteiger partial charge in [0.15, 0.2) is 0 Å². The Labute approximate surface area is 113 Å². The number of carbonyl (C=O) groups is 1. The van der Waals surface area contributed by atoms with Crippen molar-refractivity contribution < 1.29 is 4.79 Å². The van der Waals surface area contributed by atoms with Crippen LogP contribution in [0.2, 0.25) is 0 Å². The fraction of sp³-hybridized carbons (Fsp3) is 0.692. The van der Waals surface area contributed by atoms with Crippen LogP contribution in [0.1, 0.15) is 43.5 Å². The van der Waals surface area contributed by atoms with Crippen LogP contribution in [0.5, 0.6) is 0 Å². The molecule has 2 N–H and O–H groups in total. The number of aromatic nitrogens is 1. The highest BCUT2D eigenvalue weighted by molar-refractivity contribution is 7.11. The predicted octanol–water partition coefficient (Wildman–Crippen LogP) is 2.10. The molecule has 0 fully saturated rings. The lowest BCUT2D eigenvalue weighted by Gasteiger charge is -2.07. The first-order chi connectivity index (χ1) is 8.61. The smallest absolute Gasteiger partial charge is 0.220 e. The van der Waals surface area contributed by atoms with E-state index in [0.29, 0.717) is 19.0 Å². The number of nitrogens with one attached hydrogen (secondary N) is 2. The van der Waals surface area contributed by atoms with Crippen molar-refractivity contribution in [2.24, 2.45) is 0 Å². The van der Waals surface area contributed by atoms with Gasteiger partial charge in [0, 0.05) is 23.5 Å². The van der Waals surface area contributed by atoms with E-state index in [0.717, 1.165) is 24.4 Å². The van der Waals surface area contributed by atoms with Crippen LogP contribution in [-0.2, 0) is 17.8 Å². The summed E-state index contributed by atoms with van der Waals surface area (Å²) in [5.74, 6) is 0.105. The highest BCUT2D eigenvalue weighted by Gasteiger charge is 2.04. The zero-order chi connectivity index (χ0) is 13.4. The molecule has 4 nitrogen and oxygen atoms in total. The van der Waals surface area contributed by atoms with Gasteiger partial charge >= 0.3 is 0 Å². The van der Waals surface area contributed by atoms with Gasteiger partial charge in [0.2, 0.25) is 5.91 Å². The third-order valence-corrected chi connectivity index (χ3v) is 3.66. The summed E-state index contributed by atoms with van der Waals surface area (Å²) in [4.78, 5) is 17.1. The highest BCUT2D eigenvalue weighted by Crippen LogP contribution is 2.12. The molecule has 1 heterocycles. The Kier molecular flexibility index (Phi) is 6.90. The third-order valence-electron chi connectivity index (χ3n) is 2.52. The fourth-order valence-electron chi connectivity index (χ4n) is 1.50. The van der Waals surface area contributed by atoms with Crippen molar-refractivity contribution in [3.05, 3.63) is 16.1 Å². The Balaban J connectivity index is 2.13. The Bertz CT molecular complexity index is 363. The minimum absolute atomic E-state index is 0.105. The first-order valence-electron chi connectivity index (χ1n) is 6.55. The van der Waals surface area contributed by atoms with Gasteiger partial charge < -0.3 is 10.6 Å². The minimum Gasteiger partial charge on any atom is -0.350 e. The minimum atomic E-state index is 0.105. The first kappa shape index (κ1) is 15.1. The first-order valence-corrected chi connectivity index (χ1v) is 7.37. The third kappa shape index (κ3) is 6.12. The number of amides is 1. The zero-order valence-corrected chi connectivity index (χ0v) is 12.3. The second kappa shape index (κ2) is 8.21. The predicted molar refractivity (Wildman–Crippen MR) is 75.7 cm³/mol. The maximum atomic E-state index is 11.6. The number of hydrogen-bond donors (Lipinski definition) is 2. The van der Waals surface area contributed by atoms with Gasteiger partial charge in [-0.15, -0.1) is 11.3 Å². The van der Waals surface area contributed by atoms with E-state index in [4.69, 9.17) is 0 Å². The lowest BCUT2D eigenvalue weighted by Crippen LogP contribution is -2.27. The monoisotopic (exact) mass is 269 g/mol. The van der Waals surface area contributed by atoms with Gasteiger partial charge in [-0.1, -0.05) is 20.8 Å². The molecular weight excluding hydrogens is 246 g/mol. The van der Waals surface area contributed by atoms with Crippen LogP contribution in [0.4, 0.5) is 0 Å². The van der Waals surface area contributed by atoms with E-state index < -0.39 is 0 Å². The summed E-state index contributed by atoms with van der Waals surface area (Å²) < 4.78 is 0. The summed E-state index contributed by atoms with van der Waals surface area (Å²) in [7, 11) is 0.